The first kappa shape index (κ1) is 9.06. The summed E-state index contributed by atoms with van der Waals surface area (Å²) in [5, 5.41) is 9.30. The molecule has 0 amide bonds. The van der Waals surface area contributed by atoms with Crippen molar-refractivity contribution >= 4 is 32.8 Å². The van der Waals surface area contributed by atoms with Gasteiger partial charge in [-0.3, -0.25) is 0 Å². The van der Waals surface area contributed by atoms with Gasteiger partial charge < -0.3 is 5.11 Å². The number of halogens is 1. The van der Waals surface area contributed by atoms with E-state index in [0.29, 0.717) is 5.75 Å². The molecule has 57 valence electrons. The molecule has 0 aliphatic rings. The molecule has 0 saturated heterocycles. The third-order valence-corrected chi connectivity index (χ3v) is 2.95. The quantitative estimate of drug-likeness (QED) is 0.647. The summed E-state index contributed by atoms with van der Waals surface area (Å²) in [5.41, 5.74) is 1.20. The van der Waals surface area contributed by atoms with E-state index in [1.807, 2.05) is 12.1 Å². The van der Waals surface area contributed by atoms with Gasteiger partial charge in [-0.25, -0.2) is 0 Å². The van der Waals surface area contributed by atoms with Crippen molar-refractivity contribution in [3.63, 3.8) is 0 Å². The van der Waals surface area contributed by atoms with Crippen LogP contribution in [0.25, 0.3) is 0 Å². The van der Waals surface area contributed by atoms with Gasteiger partial charge in [0.05, 0.1) is 3.57 Å². The van der Waals surface area contributed by atoms with Crippen LogP contribution in [0.4, 0.5) is 0 Å². The predicted octanol–water partition coefficient (Wildman–Crippen LogP) is 2.13. The minimum atomic E-state index is 0.378. The average molecular weight is 275 g/mol. The second kappa shape index (κ2) is 4.11. The number of hydrogen-bond donors (Lipinski definition) is 1. The Morgan fingerprint density at radius 1 is 1.45 bits per heavy atom. The molecule has 0 aliphatic carbocycles. The van der Waals surface area contributed by atoms with Crippen molar-refractivity contribution in [1.29, 1.82) is 0 Å². The molecule has 1 N–H and O–H groups in total. The molecule has 1 aromatic rings. The van der Waals surface area contributed by atoms with E-state index in [0.717, 1.165) is 16.0 Å². The predicted molar refractivity (Wildman–Crippen MR) is 55.1 cm³/mol. The molecule has 1 rings (SSSR count). The molecule has 11 heavy (non-hydrogen) atoms. The van der Waals surface area contributed by atoms with Crippen LogP contribution in [0.5, 0.6) is 5.75 Å². The first-order chi connectivity index (χ1) is 5.25. The van der Waals surface area contributed by atoms with Crippen LogP contribution in [0.15, 0.2) is 18.2 Å². The molecule has 1 nitrogen and oxygen atoms in total. The molecule has 0 unspecified atom stereocenters. The lowest BCUT2D eigenvalue weighted by molar-refractivity contribution is 0.470. The molecule has 3 radical (unpaired) electrons. The third kappa shape index (κ3) is 2.20. The highest BCUT2D eigenvalue weighted by Gasteiger charge is 2.01. The van der Waals surface area contributed by atoms with Crippen molar-refractivity contribution in [1.82, 2.24) is 0 Å². The van der Waals surface area contributed by atoms with Crippen molar-refractivity contribution in [3.05, 3.63) is 27.3 Å². The van der Waals surface area contributed by atoms with Crippen LogP contribution in [0.2, 0.25) is 6.04 Å². The summed E-state index contributed by atoms with van der Waals surface area (Å²) in [6.45, 7) is 0. The van der Waals surface area contributed by atoms with Crippen LogP contribution in [-0.2, 0) is 6.42 Å². The van der Waals surface area contributed by atoms with Gasteiger partial charge in [-0.1, -0.05) is 18.2 Å². The smallest absolute Gasteiger partial charge is 0.129 e. The number of aromatic hydroxyl groups is 1. The molecule has 0 heterocycles. The summed E-state index contributed by atoms with van der Waals surface area (Å²) in [5.74, 6) is 0.378. The fraction of sp³-hybridized carbons (Fsp3) is 0.250. The third-order valence-electron chi connectivity index (χ3n) is 1.45. The summed E-state index contributed by atoms with van der Waals surface area (Å²) in [7, 11) is 3.41. The summed E-state index contributed by atoms with van der Waals surface area (Å²) >= 11 is 2.16. The van der Waals surface area contributed by atoms with Crippen LogP contribution >= 0.6 is 22.6 Å². The van der Waals surface area contributed by atoms with Gasteiger partial charge in [0.15, 0.2) is 0 Å². The molecular formula is C8H8IOSi. The van der Waals surface area contributed by atoms with Gasteiger partial charge in [-0.15, -0.1) is 0 Å². The SMILES string of the molecule is Oc1cccc(CC[Si])c1I. The van der Waals surface area contributed by atoms with Crippen LogP contribution in [0.1, 0.15) is 5.56 Å². The van der Waals surface area contributed by atoms with Crippen LogP contribution in [0.3, 0.4) is 0 Å². The average Bonchev–Trinajstić information content (AvgIpc) is 1.99. The van der Waals surface area contributed by atoms with Gasteiger partial charge in [0.25, 0.3) is 0 Å². The fourth-order valence-corrected chi connectivity index (χ4v) is 1.79. The first-order valence-corrected chi connectivity index (χ1v) is 5.15. The van der Waals surface area contributed by atoms with Gasteiger partial charge in [0.1, 0.15) is 5.75 Å². The lowest BCUT2D eigenvalue weighted by atomic mass is 10.2. The number of phenolic OH excluding ortho intramolecular Hbond substituents is 1. The zero-order chi connectivity index (χ0) is 8.27. The van der Waals surface area contributed by atoms with E-state index < -0.39 is 0 Å². The van der Waals surface area contributed by atoms with Crippen molar-refractivity contribution in [2.24, 2.45) is 0 Å². The largest absolute Gasteiger partial charge is 0.507 e. The zero-order valence-corrected chi connectivity index (χ0v) is 9.13. The van der Waals surface area contributed by atoms with E-state index in [4.69, 9.17) is 0 Å². The van der Waals surface area contributed by atoms with E-state index in [1.54, 1.807) is 6.07 Å². The van der Waals surface area contributed by atoms with Gasteiger partial charge in [-0.2, -0.15) is 0 Å². The molecule has 0 spiro atoms. The van der Waals surface area contributed by atoms with Crippen LogP contribution < -0.4 is 0 Å². The Labute approximate surface area is 83.4 Å². The highest BCUT2D eigenvalue weighted by atomic mass is 127. The van der Waals surface area contributed by atoms with Crippen molar-refractivity contribution < 1.29 is 5.11 Å². The van der Waals surface area contributed by atoms with Crippen molar-refractivity contribution in [3.8, 4) is 5.75 Å². The number of aryl methyl sites for hydroxylation is 1. The monoisotopic (exact) mass is 275 g/mol. The topological polar surface area (TPSA) is 20.2 Å². The number of benzene rings is 1. The first-order valence-electron chi connectivity index (χ1n) is 3.36. The Morgan fingerprint density at radius 3 is 2.82 bits per heavy atom. The number of phenols is 1. The Hall–Kier alpha value is -0.0331. The molecule has 3 heteroatoms. The van der Waals surface area contributed by atoms with Crippen molar-refractivity contribution in [2.75, 3.05) is 0 Å². The Bertz CT molecular complexity index is 250. The summed E-state index contributed by atoms with van der Waals surface area (Å²) in [4.78, 5) is 0. The molecule has 0 bridgehead atoms. The van der Waals surface area contributed by atoms with Gasteiger partial charge in [-0.05, 0) is 40.6 Å². The standard InChI is InChI=1S/C8H8IOSi/c9-8-6(4-5-11)2-1-3-7(8)10/h1-3,10H,4-5H2. The van der Waals surface area contributed by atoms with E-state index in [2.05, 4.69) is 32.8 Å². The lowest BCUT2D eigenvalue weighted by Crippen LogP contribution is -1.88. The van der Waals surface area contributed by atoms with E-state index in [9.17, 15) is 5.11 Å². The van der Waals surface area contributed by atoms with E-state index >= 15 is 0 Å². The maximum atomic E-state index is 9.30. The fourth-order valence-electron chi connectivity index (χ4n) is 0.894. The van der Waals surface area contributed by atoms with Crippen LogP contribution in [0, 0.1) is 3.57 Å². The summed E-state index contributed by atoms with van der Waals surface area (Å²) < 4.78 is 0.961. The van der Waals surface area contributed by atoms with Crippen molar-refractivity contribution in [2.45, 2.75) is 12.5 Å². The Morgan fingerprint density at radius 2 is 2.18 bits per heavy atom. The normalized spacial score (nSPS) is 10.0. The molecule has 0 saturated carbocycles. The zero-order valence-electron chi connectivity index (χ0n) is 5.97. The highest BCUT2D eigenvalue weighted by Crippen LogP contribution is 2.23. The minimum absolute atomic E-state index is 0.378. The molecule has 1 aromatic carbocycles. The number of hydrogen-bond acceptors (Lipinski definition) is 1. The maximum absolute atomic E-state index is 9.30. The van der Waals surface area contributed by atoms with Gasteiger partial charge in [0, 0.05) is 10.2 Å². The Balaban J connectivity index is 2.96. The molecule has 0 aromatic heterocycles. The van der Waals surface area contributed by atoms with Crippen LogP contribution in [-0.4, -0.2) is 15.3 Å². The molecule has 0 fully saturated rings. The highest BCUT2D eigenvalue weighted by molar-refractivity contribution is 14.1. The lowest BCUT2D eigenvalue weighted by Gasteiger charge is -2.03. The Kier molecular flexibility index (Phi) is 3.38. The minimum Gasteiger partial charge on any atom is -0.507 e. The molecule has 0 atom stereocenters. The van der Waals surface area contributed by atoms with Gasteiger partial charge >= 0.3 is 0 Å². The summed E-state index contributed by atoms with van der Waals surface area (Å²) in [6.07, 6.45) is 0.962. The number of rotatable bonds is 2. The maximum Gasteiger partial charge on any atom is 0.129 e. The van der Waals surface area contributed by atoms with E-state index in [-0.39, 0.29) is 0 Å². The molecular weight excluding hydrogens is 267 g/mol. The molecule has 0 aliphatic heterocycles. The second-order valence-electron chi connectivity index (χ2n) is 2.25. The summed E-state index contributed by atoms with van der Waals surface area (Å²) in [6, 6.07) is 6.54. The van der Waals surface area contributed by atoms with Gasteiger partial charge in [0.2, 0.25) is 0 Å². The second-order valence-corrected chi connectivity index (χ2v) is 3.83. The van der Waals surface area contributed by atoms with E-state index in [1.165, 1.54) is 5.56 Å².